The molecule has 6 heteroatoms. The van der Waals surface area contributed by atoms with Crippen LogP contribution in [0.15, 0.2) is 24.3 Å². The number of esters is 1. The summed E-state index contributed by atoms with van der Waals surface area (Å²) in [5.74, 6) is -1.16. The molecule has 0 radical (unpaired) electrons. The minimum atomic E-state index is -0.948. The van der Waals surface area contributed by atoms with Gasteiger partial charge in [-0.1, -0.05) is 0 Å². The van der Waals surface area contributed by atoms with Crippen molar-refractivity contribution in [2.24, 2.45) is 0 Å². The zero-order valence-electron chi connectivity index (χ0n) is 12.6. The summed E-state index contributed by atoms with van der Waals surface area (Å²) in [6, 6.07) is 6.65. The number of carbonyl (C=O) groups is 2. The zero-order valence-corrected chi connectivity index (χ0v) is 12.6. The van der Waals surface area contributed by atoms with Crippen LogP contribution in [-0.4, -0.2) is 60.8 Å². The fourth-order valence-electron chi connectivity index (χ4n) is 3.15. The molecule has 0 saturated carbocycles. The maximum absolute atomic E-state index is 12.0. The second-order valence-corrected chi connectivity index (χ2v) is 6.17. The molecule has 0 unspecified atom stereocenters. The molecule has 0 atom stereocenters. The van der Waals surface area contributed by atoms with Gasteiger partial charge >= 0.3 is 11.9 Å². The van der Waals surface area contributed by atoms with E-state index in [2.05, 4.69) is 11.9 Å². The number of rotatable bonds is 2. The summed E-state index contributed by atoms with van der Waals surface area (Å²) in [5.41, 5.74) is 0.699. The third-order valence-corrected chi connectivity index (χ3v) is 4.51. The summed E-state index contributed by atoms with van der Waals surface area (Å²) < 4.78 is 5.68. The first-order valence-corrected chi connectivity index (χ1v) is 7.46. The van der Waals surface area contributed by atoms with E-state index in [9.17, 15) is 9.59 Å². The van der Waals surface area contributed by atoms with Crippen LogP contribution in [0.3, 0.4) is 0 Å². The lowest BCUT2D eigenvalue weighted by Crippen LogP contribution is -2.58. The second kappa shape index (κ2) is 5.61. The number of ether oxygens (including phenoxy) is 1. The molecule has 1 aromatic carbocycles. The number of anilines is 1. The van der Waals surface area contributed by atoms with Crippen molar-refractivity contribution in [1.29, 1.82) is 0 Å². The molecule has 0 aliphatic carbocycles. The number of morpholine rings is 1. The minimum absolute atomic E-state index is 0.210. The van der Waals surface area contributed by atoms with E-state index in [1.165, 1.54) is 0 Å². The Labute approximate surface area is 129 Å². The van der Waals surface area contributed by atoms with Crippen LogP contribution in [0.2, 0.25) is 0 Å². The topological polar surface area (TPSA) is 70.1 Å². The summed E-state index contributed by atoms with van der Waals surface area (Å²) >= 11 is 0. The normalized spacial score (nSPS) is 21.7. The number of carboxylic acids is 1. The van der Waals surface area contributed by atoms with Gasteiger partial charge in [0.25, 0.3) is 0 Å². The molecular weight excluding hydrogens is 284 g/mol. The number of aromatic carboxylic acids is 1. The average molecular weight is 304 g/mol. The molecule has 2 aliphatic heterocycles. The smallest absolute Gasteiger partial charge is 0.335 e. The van der Waals surface area contributed by atoms with Crippen molar-refractivity contribution < 1.29 is 19.4 Å². The number of carboxylic acid groups (broad SMARTS) is 1. The lowest BCUT2D eigenvalue weighted by Gasteiger charge is -2.46. The van der Waals surface area contributed by atoms with E-state index >= 15 is 0 Å². The highest BCUT2D eigenvalue weighted by Gasteiger charge is 2.42. The van der Waals surface area contributed by atoms with E-state index in [1.54, 1.807) is 24.3 Å². The average Bonchev–Trinajstić information content (AvgIpc) is 2.50. The van der Waals surface area contributed by atoms with Gasteiger partial charge in [-0.3, -0.25) is 4.79 Å². The second-order valence-electron chi connectivity index (χ2n) is 6.17. The van der Waals surface area contributed by atoms with E-state index in [0.29, 0.717) is 6.54 Å². The molecule has 1 N–H and O–H groups in total. The Morgan fingerprint density at radius 3 is 2.45 bits per heavy atom. The maximum atomic E-state index is 12.0. The summed E-state index contributed by atoms with van der Waals surface area (Å²) in [7, 11) is 2.07. The predicted octanol–water partition coefficient (Wildman–Crippen LogP) is 1.21. The van der Waals surface area contributed by atoms with Gasteiger partial charge in [-0.05, 0) is 31.3 Å². The van der Waals surface area contributed by atoms with Crippen LogP contribution in [0.1, 0.15) is 23.2 Å². The molecule has 2 fully saturated rings. The Morgan fingerprint density at radius 2 is 1.86 bits per heavy atom. The fraction of sp³-hybridized carbons (Fsp3) is 0.500. The number of piperidine rings is 1. The van der Waals surface area contributed by atoms with E-state index < -0.39 is 11.6 Å². The number of hydrogen-bond donors (Lipinski definition) is 1. The van der Waals surface area contributed by atoms with Crippen LogP contribution in [0, 0.1) is 0 Å². The Kier molecular flexibility index (Phi) is 3.78. The van der Waals surface area contributed by atoms with Gasteiger partial charge in [0, 0.05) is 31.6 Å². The quantitative estimate of drug-likeness (QED) is 0.828. The summed E-state index contributed by atoms with van der Waals surface area (Å²) in [6.07, 6.45) is 1.66. The SMILES string of the molecule is CN1CCC2(CC1)CN(c1ccc(C(=O)O)cc1)CC(=O)O2. The highest BCUT2D eigenvalue weighted by Crippen LogP contribution is 2.32. The van der Waals surface area contributed by atoms with Crippen LogP contribution in [0.25, 0.3) is 0 Å². The Bertz CT molecular complexity index is 576. The molecule has 0 aromatic heterocycles. The number of benzene rings is 1. The summed E-state index contributed by atoms with van der Waals surface area (Å²) in [6.45, 7) is 2.71. The van der Waals surface area contributed by atoms with Crippen molar-refractivity contribution >= 4 is 17.6 Å². The van der Waals surface area contributed by atoms with Gasteiger partial charge in [-0.15, -0.1) is 0 Å². The number of carbonyl (C=O) groups excluding carboxylic acids is 1. The van der Waals surface area contributed by atoms with Crippen LogP contribution >= 0.6 is 0 Å². The molecule has 2 heterocycles. The fourth-order valence-corrected chi connectivity index (χ4v) is 3.15. The van der Waals surface area contributed by atoms with Gasteiger partial charge < -0.3 is 19.6 Å². The molecule has 2 saturated heterocycles. The van der Waals surface area contributed by atoms with Gasteiger partial charge in [-0.25, -0.2) is 4.79 Å². The van der Waals surface area contributed by atoms with E-state index in [1.807, 2.05) is 4.90 Å². The lowest BCUT2D eigenvalue weighted by molar-refractivity contribution is -0.166. The molecule has 3 rings (SSSR count). The molecule has 1 spiro atoms. The first kappa shape index (κ1) is 14.8. The Morgan fingerprint density at radius 1 is 1.23 bits per heavy atom. The monoisotopic (exact) mass is 304 g/mol. The molecule has 2 aliphatic rings. The van der Waals surface area contributed by atoms with Crippen LogP contribution < -0.4 is 4.90 Å². The van der Waals surface area contributed by atoms with Crippen LogP contribution in [0.5, 0.6) is 0 Å². The van der Waals surface area contributed by atoms with Gasteiger partial charge in [0.15, 0.2) is 0 Å². The van der Waals surface area contributed by atoms with Crippen molar-refractivity contribution in [3.8, 4) is 0 Å². The molecule has 0 amide bonds. The third-order valence-electron chi connectivity index (χ3n) is 4.51. The van der Waals surface area contributed by atoms with Crippen molar-refractivity contribution in [3.63, 3.8) is 0 Å². The van der Waals surface area contributed by atoms with E-state index in [-0.39, 0.29) is 18.1 Å². The maximum Gasteiger partial charge on any atom is 0.335 e. The molecule has 22 heavy (non-hydrogen) atoms. The Balaban J connectivity index is 1.78. The Hall–Kier alpha value is -2.08. The van der Waals surface area contributed by atoms with Crippen molar-refractivity contribution in [3.05, 3.63) is 29.8 Å². The molecule has 118 valence electrons. The minimum Gasteiger partial charge on any atom is -0.478 e. The third kappa shape index (κ3) is 2.92. The molecular formula is C16H20N2O4. The standard InChI is InChI=1S/C16H20N2O4/c1-17-8-6-16(7-9-17)11-18(10-14(19)22-16)13-4-2-12(3-5-13)15(20)21/h2-5H,6-11H2,1H3,(H,20,21). The van der Waals surface area contributed by atoms with Crippen molar-refractivity contribution in [2.75, 3.05) is 38.1 Å². The molecule has 6 nitrogen and oxygen atoms in total. The summed E-state index contributed by atoms with van der Waals surface area (Å²) in [4.78, 5) is 27.2. The first-order valence-electron chi connectivity index (χ1n) is 7.46. The molecule has 1 aromatic rings. The highest BCUT2D eigenvalue weighted by molar-refractivity contribution is 5.88. The highest BCUT2D eigenvalue weighted by atomic mass is 16.6. The zero-order chi connectivity index (χ0) is 15.7. The van der Waals surface area contributed by atoms with E-state index in [4.69, 9.17) is 9.84 Å². The van der Waals surface area contributed by atoms with Crippen molar-refractivity contribution in [1.82, 2.24) is 4.90 Å². The first-order chi connectivity index (χ1) is 10.5. The predicted molar refractivity (Wildman–Crippen MR) is 81.2 cm³/mol. The largest absolute Gasteiger partial charge is 0.478 e. The van der Waals surface area contributed by atoms with Gasteiger partial charge in [0.1, 0.15) is 12.1 Å². The molecule has 0 bridgehead atoms. The number of nitrogens with zero attached hydrogens (tertiary/aromatic N) is 2. The van der Waals surface area contributed by atoms with Gasteiger partial charge in [-0.2, -0.15) is 0 Å². The van der Waals surface area contributed by atoms with Crippen molar-refractivity contribution in [2.45, 2.75) is 18.4 Å². The van der Waals surface area contributed by atoms with Gasteiger partial charge in [0.2, 0.25) is 0 Å². The summed E-state index contributed by atoms with van der Waals surface area (Å²) in [5, 5.41) is 8.96. The number of likely N-dealkylation sites (tertiary alicyclic amines) is 1. The number of hydrogen-bond acceptors (Lipinski definition) is 5. The lowest BCUT2D eigenvalue weighted by atomic mass is 9.89. The van der Waals surface area contributed by atoms with E-state index in [0.717, 1.165) is 31.6 Å². The van der Waals surface area contributed by atoms with Crippen LogP contribution in [0.4, 0.5) is 5.69 Å². The van der Waals surface area contributed by atoms with Gasteiger partial charge in [0.05, 0.1) is 12.1 Å². The van der Waals surface area contributed by atoms with Crippen LogP contribution in [-0.2, 0) is 9.53 Å².